The summed E-state index contributed by atoms with van der Waals surface area (Å²) >= 11 is 3.19. The van der Waals surface area contributed by atoms with E-state index in [1.807, 2.05) is 0 Å². The Balaban J connectivity index is 2.44. The summed E-state index contributed by atoms with van der Waals surface area (Å²) in [6, 6.07) is 3.31. The molecule has 0 saturated heterocycles. The lowest BCUT2D eigenvalue weighted by molar-refractivity contribution is 0.102. The molecule has 0 aliphatic rings. The van der Waals surface area contributed by atoms with Crippen molar-refractivity contribution in [3.8, 4) is 0 Å². The van der Waals surface area contributed by atoms with Crippen LogP contribution in [-0.4, -0.2) is 25.8 Å². The van der Waals surface area contributed by atoms with E-state index in [-0.39, 0.29) is 5.78 Å². The maximum atomic E-state index is 12.2. The van der Waals surface area contributed by atoms with Crippen molar-refractivity contribution >= 4 is 21.7 Å². The van der Waals surface area contributed by atoms with Crippen LogP contribution >= 0.6 is 15.9 Å². The molecule has 0 amide bonds. The van der Waals surface area contributed by atoms with E-state index in [1.54, 1.807) is 25.4 Å². The van der Waals surface area contributed by atoms with Crippen molar-refractivity contribution in [2.45, 2.75) is 6.54 Å². The van der Waals surface area contributed by atoms with Crippen molar-refractivity contribution in [3.63, 3.8) is 0 Å². The van der Waals surface area contributed by atoms with Gasteiger partial charge in [-0.3, -0.25) is 9.78 Å². The van der Waals surface area contributed by atoms with Gasteiger partial charge >= 0.3 is 0 Å². The molecule has 0 fully saturated rings. The largest absolute Gasteiger partial charge is 0.325 e. The smallest absolute Gasteiger partial charge is 0.213 e. The molecule has 0 atom stereocenters. The normalized spacial score (nSPS) is 10.5. The van der Waals surface area contributed by atoms with E-state index in [4.69, 9.17) is 5.73 Å². The van der Waals surface area contributed by atoms with Gasteiger partial charge in [-0.05, 0) is 28.1 Å². The SMILES string of the molecule is Cn1nnc(Br)c1C(=O)c1ccnc(CN)c1. The molecule has 2 aromatic heterocycles. The molecule has 88 valence electrons. The average Bonchev–Trinajstić information content (AvgIpc) is 2.68. The molecule has 0 aromatic carbocycles. The van der Waals surface area contributed by atoms with Crippen molar-refractivity contribution in [2.24, 2.45) is 12.8 Å². The fourth-order valence-electron chi connectivity index (χ4n) is 1.44. The van der Waals surface area contributed by atoms with Gasteiger partial charge in [0.05, 0.1) is 5.69 Å². The van der Waals surface area contributed by atoms with Crippen LogP contribution in [0, 0.1) is 0 Å². The number of aryl methyl sites for hydroxylation is 1. The average molecular weight is 296 g/mol. The van der Waals surface area contributed by atoms with Crippen LogP contribution in [0.2, 0.25) is 0 Å². The summed E-state index contributed by atoms with van der Waals surface area (Å²) in [6.45, 7) is 0.298. The maximum absolute atomic E-state index is 12.2. The van der Waals surface area contributed by atoms with Gasteiger partial charge in [-0.1, -0.05) is 5.21 Å². The molecule has 2 N–H and O–H groups in total. The highest BCUT2D eigenvalue weighted by molar-refractivity contribution is 9.10. The van der Waals surface area contributed by atoms with E-state index >= 15 is 0 Å². The summed E-state index contributed by atoms with van der Waals surface area (Å²) in [7, 11) is 1.66. The van der Waals surface area contributed by atoms with Gasteiger partial charge in [-0.15, -0.1) is 5.10 Å². The first kappa shape index (κ1) is 11.9. The zero-order valence-corrected chi connectivity index (χ0v) is 10.7. The Kier molecular flexibility index (Phi) is 3.30. The second-order valence-corrected chi connectivity index (χ2v) is 4.17. The summed E-state index contributed by atoms with van der Waals surface area (Å²) < 4.78 is 1.85. The Morgan fingerprint density at radius 3 is 2.94 bits per heavy atom. The van der Waals surface area contributed by atoms with Crippen molar-refractivity contribution in [1.82, 2.24) is 20.0 Å². The Morgan fingerprint density at radius 1 is 1.59 bits per heavy atom. The van der Waals surface area contributed by atoms with Crippen LogP contribution in [0.5, 0.6) is 0 Å². The lowest BCUT2D eigenvalue weighted by atomic mass is 10.1. The fraction of sp³-hybridized carbons (Fsp3) is 0.200. The van der Waals surface area contributed by atoms with Crippen LogP contribution in [0.1, 0.15) is 21.7 Å². The Morgan fingerprint density at radius 2 is 2.35 bits per heavy atom. The second-order valence-electron chi connectivity index (χ2n) is 3.42. The monoisotopic (exact) mass is 295 g/mol. The first-order chi connectivity index (χ1) is 8.13. The van der Waals surface area contributed by atoms with E-state index in [1.165, 1.54) is 4.68 Å². The van der Waals surface area contributed by atoms with Gasteiger partial charge in [0.15, 0.2) is 4.60 Å². The van der Waals surface area contributed by atoms with Gasteiger partial charge in [-0.2, -0.15) is 0 Å². The molecule has 0 radical (unpaired) electrons. The Hall–Kier alpha value is -1.60. The molecule has 2 heterocycles. The molecule has 0 aliphatic carbocycles. The standard InChI is InChI=1S/C10H10BrN5O/c1-16-8(10(11)14-15-16)9(17)6-2-3-13-7(4-6)5-12/h2-4H,5,12H2,1H3. The summed E-state index contributed by atoms with van der Waals surface area (Å²) in [6.07, 6.45) is 1.56. The lowest BCUT2D eigenvalue weighted by Crippen LogP contribution is -2.10. The van der Waals surface area contributed by atoms with E-state index in [0.29, 0.717) is 28.1 Å². The number of rotatable bonds is 3. The molecule has 0 spiro atoms. The van der Waals surface area contributed by atoms with Gasteiger partial charge in [0, 0.05) is 25.4 Å². The van der Waals surface area contributed by atoms with Crippen molar-refractivity contribution < 1.29 is 4.79 Å². The molecule has 2 rings (SSSR count). The van der Waals surface area contributed by atoms with E-state index < -0.39 is 0 Å². The van der Waals surface area contributed by atoms with E-state index in [9.17, 15) is 4.79 Å². The minimum atomic E-state index is -0.165. The van der Waals surface area contributed by atoms with Crippen molar-refractivity contribution in [2.75, 3.05) is 0 Å². The number of pyridine rings is 1. The molecule has 0 unspecified atom stereocenters. The van der Waals surface area contributed by atoms with Gasteiger partial charge in [0.1, 0.15) is 5.69 Å². The molecule has 7 heteroatoms. The van der Waals surface area contributed by atoms with Gasteiger partial charge < -0.3 is 5.73 Å². The Labute approximate surface area is 106 Å². The molecule has 0 saturated carbocycles. The molecule has 0 aliphatic heterocycles. The fourth-order valence-corrected chi connectivity index (χ4v) is 1.95. The zero-order valence-electron chi connectivity index (χ0n) is 9.09. The quantitative estimate of drug-likeness (QED) is 0.841. The molecular formula is C10H10BrN5O. The van der Waals surface area contributed by atoms with Crippen LogP contribution in [0.3, 0.4) is 0 Å². The third-order valence-corrected chi connectivity index (χ3v) is 2.82. The highest BCUT2D eigenvalue weighted by Crippen LogP contribution is 2.16. The predicted octanol–water partition coefficient (Wildman–Crippen LogP) is 0.662. The summed E-state index contributed by atoms with van der Waals surface area (Å²) in [4.78, 5) is 16.3. The number of nitrogens with zero attached hydrogens (tertiary/aromatic N) is 4. The molecular weight excluding hydrogens is 286 g/mol. The minimum absolute atomic E-state index is 0.165. The van der Waals surface area contributed by atoms with Crippen LogP contribution in [0.4, 0.5) is 0 Å². The molecule has 0 bridgehead atoms. The lowest BCUT2D eigenvalue weighted by Gasteiger charge is -2.02. The summed E-state index contributed by atoms with van der Waals surface area (Å²) in [5.41, 5.74) is 7.07. The zero-order chi connectivity index (χ0) is 12.4. The van der Waals surface area contributed by atoms with Gasteiger partial charge in [-0.25, -0.2) is 4.68 Å². The third kappa shape index (κ3) is 2.25. The van der Waals surface area contributed by atoms with Crippen LogP contribution < -0.4 is 5.73 Å². The third-order valence-electron chi connectivity index (χ3n) is 2.29. The number of carbonyl (C=O) groups is 1. The van der Waals surface area contributed by atoms with E-state index in [2.05, 4.69) is 31.2 Å². The minimum Gasteiger partial charge on any atom is -0.325 e. The highest BCUT2D eigenvalue weighted by Gasteiger charge is 2.18. The second kappa shape index (κ2) is 4.72. The number of aromatic nitrogens is 4. The summed E-state index contributed by atoms with van der Waals surface area (Å²) in [5.74, 6) is -0.165. The number of halogens is 1. The van der Waals surface area contributed by atoms with Gasteiger partial charge in [0.2, 0.25) is 5.78 Å². The molecule has 2 aromatic rings. The molecule has 6 nitrogen and oxygen atoms in total. The predicted molar refractivity (Wildman–Crippen MR) is 64.3 cm³/mol. The van der Waals surface area contributed by atoms with Crippen LogP contribution in [0.15, 0.2) is 22.9 Å². The Bertz CT molecular complexity index is 546. The highest BCUT2D eigenvalue weighted by atomic mass is 79.9. The van der Waals surface area contributed by atoms with Crippen LogP contribution in [0.25, 0.3) is 0 Å². The topological polar surface area (TPSA) is 86.7 Å². The van der Waals surface area contributed by atoms with Crippen LogP contribution in [-0.2, 0) is 13.6 Å². The number of ketones is 1. The number of carbonyl (C=O) groups excluding carboxylic acids is 1. The van der Waals surface area contributed by atoms with Gasteiger partial charge in [0.25, 0.3) is 0 Å². The number of hydrogen-bond acceptors (Lipinski definition) is 5. The van der Waals surface area contributed by atoms with Crippen molar-refractivity contribution in [3.05, 3.63) is 39.9 Å². The number of nitrogens with two attached hydrogens (primary N) is 1. The van der Waals surface area contributed by atoms with Crippen molar-refractivity contribution in [1.29, 1.82) is 0 Å². The molecule has 17 heavy (non-hydrogen) atoms. The van der Waals surface area contributed by atoms with E-state index in [0.717, 1.165) is 0 Å². The maximum Gasteiger partial charge on any atom is 0.213 e. The summed E-state index contributed by atoms with van der Waals surface area (Å²) in [5, 5.41) is 7.54. The first-order valence-electron chi connectivity index (χ1n) is 4.88. The first-order valence-corrected chi connectivity index (χ1v) is 5.67. The number of hydrogen-bond donors (Lipinski definition) is 1.